The number of fused-ring (bicyclic) bond motifs is 1. The monoisotopic (exact) mass is 446 g/mol. The normalized spacial score (nSPS) is 15.6. The molecule has 0 unspecified atom stereocenters. The second kappa shape index (κ2) is 8.62. The molecule has 2 aromatic carbocycles. The van der Waals surface area contributed by atoms with Crippen LogP contribution in [0.5, 0.6) is 0 Å². The van der Waals surface area contributed by atoms with Crippen LogP contribution in [-0.4, -0.2) is 41.1 Å². The third-order valence-electron chi connectivity index (χ3n) is 5.16. The summed E-state index contributed by atoms with van der Waals surface area (Å²) in [5, 5.41) is 0. The van der Waals surface area contributed by atoms with Crippen LogP contribution in [-0.2, 0) is 22.3 Å². The zero-order valence-corrected chi connectivity index (χ0v) is 17.3. The van der Waals surface area contributed by atoms with Crippen LogP contribution in [0, 0.1) is 0 Å². The number of benzene rings is 2. The van der Waals surface area contributed by atoms with E-state index in [1.54, 1.807) is 15.5 Å². The number of aromatic nitrogens is 2. The lowest BCUT2D eigenvalue weighted by atomic mass is 10.1. The maximum absolute atomic E-state index is 13.0. The topological polar surface area (TPSA) is 79.7 Å². The van der Waals surface area contributed by atoms with Gasteiger partial charge in [0.25, 0.3) is 11.8 Å². The number of alkyl halides is 3. The molecule has 2 amide bonds. The van der Waals surface area contributed by atoms with E-state index in [0.29, 0.717) is 30.9 Å². The fourth-order valence-corrected chi connectivity index (χ4v) is 3.65. The van der Waals surface area contributed by atoms with E-state index >= 15 is 0 Å². The number of nitrogens with zero attached hydrogens (tertiary/aromatic N) is 3. The number of ether oxygens (including phenoxy) is 1. The van der Waals surface area contributed by atoms with Gasteiger partial charge in [-0.05, 0) is 42.8 Å². The number of nitrogens with one attached hydrogen (secondary N) is 1. The molecule has 1 saturated heterocycles. The third-order valence-corrected chi connectivity index (χ3v) is 5.16. The molecule has 0 spiro atoms. The Kier molecular flexibility index (Phi) is 5.88. The largest absolute Gasteiger partial charge is 0.416 e. The van der Waals surface area contributed by atoms with E-state index in [4.69, 9.17) is 4.74 Å². The first-order valence-corrected chi connectivity index (χ1v) is 10.1. The number of hydrogen-bond donors (Lipinski definition) is 1. The Morgan fingerprint density at radius 3 is 2.75 bits per heavy atom. The number of aromatic amines is 1. The fourth-order valence-electron chi connectivity index (χ4n) is 3.65. The Labute approximate surface area is 181 Å². The van der Waals surface area contributed by atoms with Crippen LogP contribution in [0.1, 0.15) is 29.3 Å². The second-order valence-electron chi connectivity index (χ2n) is 7.40. The van der Waals surface area contributed by atoms with Crippen molar-refractivity contribution in [3.05, 3.63) is 59.2 Å². The number of halogens is 3. The van der Waals surface area contributed by atoms with Crippen LogP contribution in [0.4, 0.5) is 18.9 Å². The summed E-state index contributed by atoms with van der Waals surface area (Å²) in [6.07, 6.45) is -3.80. The number of imidazole rings is 1. The number of amides is 2. The highest BCUT2D eigenvalue weighted by molar-refractivity contribution is 5.97. The first kappa shape index (κ1) is 21.8. The molecule has 0 bridgehead atoms. The average molecular weight is 446 g/mol. The molecule has 0 atom stereocenters. The third kappa shape index (κ3) is 4.31. The second-order valence-corrected chi connectivity index (χ2v) is 7.40. The molecule has 4 rings (SSSR count). The maximum Gasteiger partial charge on any atom is 0.416 e. The summed E-state index contributed by atoms with van der Waals surface area (Å²) in [6, 6.07) is 9.61. The predicted molar refractivity (Wildman–Crippen MR) is 111 cm³/mol. The van der Waals surface area contributed by atoms with Crippen molar-refractivity contribution in [2.24, 2.45) is 4.99 Å². The van der Waals surface area contributed by atoms with Gasteiger partial charge in [0.1, 0.15) is 6.61 Å². The Bertz CT molecular complexity index is 1240. The molecule has 0 saturated carbocycles. The number of anilines is 1. The molecule has 168 valence electrons. The van der Waals surface area contributed by atoms with Crippen molar-refractivity contribution in [1.29, 1.82) is 0 Å². The summed E-state index contributed by atoms with van der Waals surface area (Å²) < 4.78 is 45.9. The van der Waals surface area contributed by atoms with E-state index in [0.717, 1.165) is 24.1 Å². The van der Waals surface area contributed by atoms with E-state index in [1.807, 2.05) is 19.1 Å². The van der Waals surface area contributed by atoms with Crippen LogP contribution < -0.4 is 10.5 Å². The van der Waals surface area contributed by atoms with Gasteiger partial charge < -0.3 is 19.2 Å². The number of rotatable bonds is 4. The van der Waals surface area contributed by atoms with Crippen molar-refractivity contribution < 1.29 is 27.5 Å². The molecular weight excluding hydrogens is 425 g/mol. The summed E-state index contributed by atoms with van der Waals surface area (Å²) in [4.78, 5) is 33.6. The minimum absolute atomic E-state index is 0.0185. The Hall–Kier alpha value is -3.40. The molecule has 7 nitrogen and oxygen atoms in total. The Morgan fingerprint density at radius 2 is 2.03 bits per heavy atom. The van der Waals surface area contributed by atoms with Crippen molar-refractivity contribution in [1.82, 2.24) is 9.55 Å². The first-order valence-electron chi connectivity index (χ1n) is 10.1. The van der Waals surface area contributed by atoms with Crippen molar-refractivity contribution in [2.75, 3.05) is 24.7 Å². The molecule has 2 heterocycles. The predicted octanol–water partition coefficient (Wildman–Crippen LogP) is 3.50. The molecule has 0 aliphatic carbocycles. The summed E-state index contributed by atoms with van der Waals surface area (Å²) in [5.41, 5.74) is 1.29. The minimum atomic E-state index is -4.55. The standard InChI is InChI=1S/C22H21F3N4O3/c1-2-8-29-18-7-6-16(28-9-10-32-13-19(28)30)12-17(18)26-21(29)27-20(31)14-4-3-5-15(11-14)22(23,24)25/h3-7,11-12H,2,8-10,13H2,1H3,(H,26,27,31). The van der Waals surface area contributed by atoms with Gasteiger partial charge in [-0.1, -0.05) is 13.0 Å². The number of carbonyl (C=O) groups excluding carboxylic acids is 2. The fraction of sp³-hybridized carbons (Fsp3) is 0.318. The molecule has 1 N–H and O–H groups in total. The average Bonchev–Trinajstić information content (AvgIpc) is 3.10. The molecule has 1 aliphatic rings. The van der Waals surface area contributed by atoms with Gasteiger partial charge in [-0.3, -0.25) is 9.59 Å². The maximum atomic E-state index is 13.0. The van der Waals surface area contributed by atoms with Gasteiger partial charge in [-0.25, -0.2) is 0 Å². The van der Waals surface area contributed by atoms with Gasteiger partial charge in [0, 0.05) is 24.3 Å². The highest BCUT2D eigenvalue weighted by atomic mass is 19.4. The summed E-state index contributed by atoms with van der Waals surface area (Å²) in [6.45, 7) is 3.40. The van der Waals surface area contributed by atoms with Crippen molar-refractivity contribution in [3.8, 4) is 0 Å². The molecule has 10 heteroatoms. The molecular formula is C22H21F3N4O3. The molecule has 0 radical (unpaired) electrons. The van der Waals surface area contributed by atoms with Crippen molar-refractivity contribution >= 4 is 28.5 Å². The van der Waals surface area contributed by atoms with Crippen molar-refractivity contribution in [2.45, 2.75) is 26.1 Å². The first-order chi connectivity index (χ1) is 15.3. The van der Waals surface area contributed by atoms with E-state index < -0.39 is 17.6 Å². The van der Waals surface area contributed by atoms with Gasteiger partial charge in [-0.2, -0.15) is 18.2 Å². The summed E-state index contributed by atoms with van der Waals surface area (Å²) in [5.74, 6) is -0.927. The van der Waals surface area contributed by atoms with E-state index in [-0.39, 0.29) is 23.7 Å². The zero-order chi connectivity index (χ0) is 22.9. The van der Waals surface area contributed by atoms with Gasteiger partial charge in [0.2, 0.25) is 5.62 Å². The highest BCUT2D eigenvalue weighted by Gasteiger charge is 2.31. The number of H-pyrrole nitrogens is 1. The minimum Gasteiger partial charge on any atom is -0.370 e. The lowest BCUT2D eigenvalue weighted by Gasteiger charge is -2.26. The Balaban J connectivity index is 1.76. The highest BCUT2D eigenvalue weighted by Crippen LogP contribution is 2.29. The molecule has 32 heavy (non-hydrogen) atoms. The van der Waals surface area contributed by atoms with Gasteiger partial charge in [0.05, 0.1) is 23.2 Å². The lowest BCUT2D eigenvalue weighted by molar-refractivity contribution is -0.137. The lowest BCUT2D eigenvalue weighted by Crippen LogP contribution is -2.41. The molecule has 1 fully saturated rings. The summed E-state index contributed by atoms with van der Waals surface area (Å²) >= 11 is 0. The van der Waals surface area contributed by atoms with Crippen LogP contribution in [0.3, 0.4) is 0 Å². The Morgan fingerprint density at radius 1 is 1.22 bits per heavy atom. The van der Waals surface area contributed by atoms with Crippen LogP contribution >= 0.6 is 0 Å². The van der Waals surface area contributed by atoms with Crippen molar-refractivity contribution in [3.63, 3.8) is 0 Å². The van der Waals surface area contributed by atoms with E-state index in [9.17, 15) is 22.8 Å². The smallest absolute Gasteiger partial charge is 0.370 e. The number of aryl methyl sites for hydroxylation is 1. The van der Waals surface area contributed by atoms with E-state index in [2.05, 4.69) is 9.98 Å². The van der Waals surface area contributed by atoms with Crippen LogP contribution in [0.25, 0.3) is 11.0 Å². The number of morpholine rings is 1. The zero-order valence-electron chi connectivity index (χ0n) is 17.3. The quantitative estimate of drug-likeness (QED) is 0.666. The number of carbonyl (C=O) groups is 2. The van der Waals surface area contributed by atoms with E-state index in [1.165, 1.54) is 12.1 Å². The summed E-state index contributed by atoms with van der Waals surface area (Å²) in [7, 11) is 0. The number of hydrogen-bond acceptors (Lipinski definition) is 3. The van der Waals surface area contributed by atoms with Gasteiger partial charge in [-0.15, -0.1) is 0 Å². The molecule has 1 aromatic heterocycles. The van der Waals surface area contributed by atoms with Gasteiger partial charge >= 0.3 is 6.18 Å². The molecule has 3 aromatic rings. The van der Waals surface area contributed by atoms with Crippen LogP contribution in [0.2, 0.25) is 0 Å². The SMILES string of the molecule is CCCn1/c(=N/C(=O)c2cccc(C(F)(F)F)c2)[nH]c2cc(N3CCOCC3=O)ccc21. The van der Waals surface area contributed by atoms with Gasteiger partial charge in [0.15, 0.2) is 0 Å². The van der Waals surface area contributed by atoms with Crippen LogP contribution in [0.15, 0.2) is 47.5 Å². The molecule has 1 aliphatic heterocycles.